The molecule has 0 unspecified atom stereocenters. The van der Waals surface area contributed by atoms with E-state index in [4.69, 9.17) is 5.73 Å². The van der Waals surface area contributed by atoms with Gasteiger partial charge in [0, 0.05) is 1.43 Å². The zero-order valence-electron chi connectivity index (χ0n) is 7.63. The van der Waals surface area contributed by atoms with Gasteiger partial charge in [0.1, 0.15) is 5.78 Å². The molecule has 0 spiro atoms. The first-order valence-electron chi connectivity index (χ1n) is 3.96. The maximum Gasteiger partial charge on any atom is 0.146 e. The summed E-state index contributed by atoms with van der Waals surface area (Å²) in [7, 11) is 3.84. The topological polar surface area (TPSA) is 46.3 Å². The number of nitrogens with zero attached hydrogens (tertiary/aromatic N) is 1. The summed E-state index contributed by atoms with van der Waals surface area (Å²) in [5.41, 5.74) is 5.35. The summed E-state index contributed by atoms with van der Waals surface area (Å²) in [4.78, 5) is 13.0. The summed E-state index contributed by atoms with van der Waals surface area (Å²) >= 11 is 0. The second-order valence-corrected chi connectivity index (χ2v) is 3.02. The molecular weight excluding hydrogens is 140 g/mol. The van der Waals surface area contributed by atoms with Crippen LogP contribution in [-0.4, -0.2) is 37.4 Å². The number of carbonyl (C=O) groups excluding carboxylic acids is 1. The van der Waals surface area contributed by atoms with Crippen LogP contribution in [0.5, 0.6) is 0 Å². The number of rotatable bonds is 5. The Morgan fingerprint density at radius 1 is 1.64 bits per heavy atom. The van der Waals surface area contributed by atoms with Crippen molar-refractivity contribution in [3.8, 4) is 0 Å². The normalized spacial score (nSPS) is 13.5. The van der Waals surface area contributed by atoms with Crippen molar-refractivity contribution in [3.63, 3.8) is 0 Å². The fourth-order valence-corrected chi connectivity index (χ4v) is 1.14. The Kier molecular flexibility index (Phi) is 5.07. The van der Waals surface area contributed by atoms with E-state index in [0.717, 1.165) is 12.8 Å². The Hall–Kier alpha value is -0.410. The summed E-state index contributed by atoms with van der Waals surface area (Å²) in [6.45, 7) is 2.29. The van der Waals surface area contributed by atoms with Gasteiger partial charge in [-0.15, -0.1) is 0 Å². The molecule has 3 nitrogen and oxygen atoms in total. The van der Waals surface area contributed by atoms with Crippen molar-refractivity contribution in [2.45, 2.75) is 25.8 Å². The van der Waals surface area contributed by atoms with Gasteiger partial charge in [0.2, 0.25) is 0 Å². The van der Waals surface area contributed by atoms with E-state index in [1.54, 1.807) is 6.92 Å². The number of ketones is 1. The van der Waals surface area contributed by atoms with Crippen LogP contribution in [0.3, 0.4) is 0 Å². The quantitative estimate of drug-likeness (QED) is 0.638. The highest BCUT2D eigenvalue weighted by Gasteiger charge is 2.14. The van der Waals surface area contributed by atoms with Crippen LogP contribution in [0.4, 0.5) is 0 Å². The predicted molar refractivity (Wildman–Crippen MR) is 48.6 cm³/mol. The minimum Gasteiger partial charge on any atom is -0.330 e. The first-order chi connectivity index (χ1) is 5.09. The summed E-state index contributed by atoms with van der Waals surface area (Å²) < 4.78 is 0. The van der Waals surface area contributed by atoms with E-state index in [1.165, 1.54) is 0 Å². The summed E-state index contributed by atoms with van der Waals surface area (Å²) in [5, 5.41) is 0. The Bertz CT molecular complexity index is 128. The fraction of sp³-hybridized carbons (Fsp3) is 0.875. The highest BCUT2D eigenvalue weighted by molar-refractivity contribution is 5.81. The lowest BCUT2D eigenvalue weighted by atomic mass is 10.1. The zero-order valence-corrected chi connectivity index (χ0v) is 7.63. The maximum atomic E-state index is 11.0. The third-order valence-electron chi connectivity index (χ3n) is 1.77. The smallest absolute Gasteiger partial charge is 0.146 e. The molecule has 0 saturated heterocycles. The van der Waals surface area contributed by atoms with Gasteiger partial charge in [-0.2, -0.15) is 0 Å². The zero-order chi connectivity index (χ0) is 8.85. The standard InChI is InChI=1S/C8H18N2O.H2/c1-7(11)8(10(2)3)5-4-6-9;/h8H,4-6,9H2,1-3H3;1H/t8-;/m0./s1/i;1+1. The molecule has 0 bridgehead atoms. The number of carbonyl (C=O) groups is 1. The molecule has 0 saturated carbocycles. The molecular formula is C8H20N2O. The van der Waals surface area contributed by atoms with Gasteiger partial charge < -0.3 is 5.73 Å². The molecule has 0 amide bonds. The molecule has 0 aromatic heterocycles. The number of likely N-dealkylation sites (N-methyl/N-ethyl adjacent to an activating group) is 1. The van der Waals surface area contributed by atoms with Gasteiger partial charge in [-0.3, -0.25) is 9.69 Å². The molecule has 11 heavy (non-hydrogen) atoms. The Morgan fingerprint density at radius 2 is 2.18 bits per heavy atom. The third-order valence-corrected chi connectivity index (χ3v) is 1.77. The summed E-state index contributed by atoms with van der Waals surface area (Å²) in [5.74, 6) is 0.225. The summed E-state index contributed by atoms with van der Waals surface area (Å²) in [6, 6.07) is 0.0542. The summed E-state index contributed by atoms with van der Waals surface area (Å²) in [6.07, 6.45) is 1.79. The molecule has 0 aliphatic heterocycles. The van der Waals surface area contributed by atoms with Crippen molar-refractivity contribution < 1.29 is 6.22 Å². The molecule has 0 rings (SSSR count). The van der Waals surface area contributed by atoms with E-state index in [0.29, 0.717) is 6.54 Å². The number of Topliss-reactive ketones (excluding diaryl/α,β-unsaturated/α-hetero) is 1. The lowest BCUT2D eigenvalue weighted by molar-refractivity contribution is -0.121. The average Bonchev–Trinajstić information content (AvgIpc) is 1.87. The molecule has 0 radical (unpaired) electrons. The molecule has 3 heteroatoms. The van der Waals surface area contributed by atoms with E-state index in [-0.39, 0.29) is 13.3 Å². The van der Waals surface area contributed by atoms with Crippen molar-refractivity contribution in [1.29, 1.82) is 0 Å². The van der Waals surface area contributed by atoms with E-state index in [1.807, 2.05) is 19.0 Å². The Balaban J connectivity index is 0. The lowest BCUT2D eigenvalue weighted by Crippen LogP contribution is -2.34. The molecule has 2 N–H and O–H groups in total. The van der Waals surface area contributed by atoms with Crippen LogP contribution in [0.1, 0.15) is 21.2 Å². The Labute approximate surface area is 70.0 Å². The van der Waals surface area contributed by atoms with Gasteiger partial charge in [-0.25, -0.2) is 0 Å². The highest BCUT2D eigenvalue weighted by Crippen LogP contribution is 2.03. The van der Waals surface area contributed by atoms with Crippen LogP contribution in [-0.2, 0) is 4.79 Å². The van der Waals surface area contributed by atoms with Crippen molar-refractivity contribution in [2.75, 3.05) is 20.6 Å². The average molecular weight is 161 g/mol. The maximum absolute atomic E-state index is 11.0. The molecule has 0 heterocycles. The van der Waals surface area contributed by atoms with Gasteiger partial charge in [-0.05, 0) is 40.4 Å². The van der Waals surface area contributed by atoms with Gasteiger partial charge in [0.15, 0.2) is 0 Å². The van der Waals surface area contributed by atoms with Crippen LogP contribution in [0.2, 0.25) is 0 Å². The van der Waals surface area contributed by atoms with Crippen molar-refractivity contribution in [2.24, 2.45) is 5.73 Å². The van der Waals surface area contributed by atoms with Crippen LogP contribution in [0.25, 0.3) is 0 Å². The Morgan fingerprint density at radius 3 is 2.45 bits per heavy atom. The molecule has 0 aliphatic rings. The van der Waals surface area contributed by atoms with Crippen molar-refractivity contribution >= 4 is 5.78 Å². The predicted octanol–water partition coefficient (Wildman–Crippen LogP) is 0.490. The van der Waals surface area contributed by atoms with Crippen LogP contribution in [0.15, 0.2) is 0 Å². The second kappa shape index (κ2) is 5.27. The number of hydrogen-bond acceptors (Lipinski definition) is 3. The molecule has 0 fully saturated rings. The number of hydrogen-bond donors (Lipinski definition) is 1. The number of nitrogens with two attached hydrogens (primary N) is 1. The van der Waals surface area contributed by atoms with Gasteiger partial charge in [0.25, 0.3) is 0 Å². The minimum absolute atomic E-state index is 0. The van der Waals surface area contributed by atoms with Crippen LogP contribution in [0, 0.1) is 0 Å². The monoisotopic (exact) mass is 161 g/mol. The van der Waals surface area contributed by atoms with E-state index in [9.17, 15) is 4.79 Å². The first-order valence-corrected chi connectivity index (χ1v) is 3.96. The molecule has 0 aromatic carbocycles. The molecule has 1 atom stereocenters. The fourth-order valence-electron chi connectivity index (χ4n) is 1.14. The first kappa shape index (κ1) is 10.6. The third kappa shape index (κ3) is 4.11. The van der Waals surface area contributed by atoms with Crippen molar-refractivity contribution in [1.82, 2.24) is 4.90 Å². The van der Waals surface area contributed by atoms with Crippen molar-refractivity contribution in [3.05, 3.63) is 0 Å². The second-order valence-electron chi connectivity index (χ2n) is 3.02. The molecule has 0 aromatic rings. The SMILES string of the molecule is CC(=O)[C@H](CCCN)N(C)C.[2HH]. The minimum atomic E-state index is 0. The largest absolute Gasteiger partial charge is 0.330 e. The van der Waals surface area contributed by atoms with E-state index >= 15 is 0 Å². The van der Waals surface area contributed by atoms with Gasteiger partial charge in [0.05, 0.1) is 6.04 Å². The highest BCUT2D eigenvalue weighted by atomic mass is 16.1. The van der Waals surface area contributed by atoms with Gasteiger partial charge in [-0.1, -0.05) is 0 Å². The van der Waals surface area contributed by atoms with Gasteiger partial charge >= 0.3 is 0 Å². The van der Waals surface area contributed by atoms with Crippen LogP contribution < -0.4 is 5.73 Å². The van der Waals surface area contributed by atoms with E-state index < -0.39 is 0 Å². The molecule has 68 valence electrons. The molecule has 0 aliphatic carbocycles. The van der Waals surface area contributed by atoms with Crippen LogP contribution >= 0.6 is 0 Å². The van der Waals surface area contributed by atoms with E-state index in [2.05, 4.69) is 0 Å². The lowest BCUT2D eigenvalue weighted by Gasteiger charge is -2.20.